The van der Waals surface area contributed by atoms with Gasteiger partial charge in [-0.2, -0.15) is 5.10 Å². The molecule has 1 aliphatic rings. The molecular weight excluding hydrogens is 186 g/mol. The molecule has 0 aromatic carbocycles. The molecule has 0 saturated heterocycles. The summed E-state index contributed by atoms with van der Waals surface area (Å²) in [4.78, 5) is 0. The maximum absolute atomic E-state index is 5.74. The quantitative estimate of drug-likeness (QED) is 0.810. The number of nitrogens with zero attached hydrogens (tertiary/aromatic N) is 2. The monoisotopic (exact) mass is 207 g/mol. The van der Waals surface area contributed by atoms with Crippen LogP contribution in [0.1, 0.15) is 38.2 Å². The third-order valence-electron chi connectivity index (χ3n) is 3.56. The molecule has 1 fully saturated rings. The molecule has 1 aromatic heterocycles. The summed E-state index contributed by atoms with van der Waals surface area (Å²) >= 11 is 0. The van der Waals surface area contributed by atoms with E-state index in [0.717, 1.165) is 23.9 Å². The summed E-state index contributed by atoms with van der Waals surface area (Å²) < 4.78 is 2.02. The second-order valence-electron chi connectivity index (χ2n) is 5.05. The minimum absolute atomic E-state index is 0.680. The molecule has 0 spiro atoms. The van der Waals surface area contributed by atoms with Crippen LogP contribution in [0.2, 0.25) is 0 Å². The van der Waals surface area contributed by atoms with Crippen molar-refractivity contribution in [2.24, 2.45) is 11.8 Å². The standard InChI is InChI=1S/C12H21N3/c1-9-3-5-11(6-4-9)8-15-7-10(2)12(13)14-15/h7,9,11H,3-6,8H2,1-2H3,(H2,13,14). The van der Waals surface area contributed by atoms with E-state index in [2.05, 4.69) is 18.2 Å². The Kier molecular flexibility index (Phi) is 2.98. The third-order valence-corrected chi connectivity index (χ3v) is 3.56. The molecular formula is C12H21N3. The van der Waals surface area contributed by atoms with Crippen LogP contribution in [0.3, 0.4) is 0 Å². The second kappa shape index (κ2) is 4.25. The van der Waals surface area contributed by atoms with Crippen LogP contribution in [0.5, 0.6) is 0 Å². The molecule has 0 unspecified atom stereocenters. The highest BCUT2D eigenvalue weighted by Gasteiger charge is 2.18. The first-order chi connectivity index (χ1) is 7.15. The number of aryl methyl sites for hydroxylation is 1. The summed E-state index contributed by atoms with van der Waals surface area (Å²) in [7, 11) is 0. The summed E-state index contributed by atoms with van der Waals surface area (Å²) in [5.74, 6) is 2.41. The van der Waals surface area contributed by atoms with Crippen LogP contribution in [-0.2, 0) is 6.54 Å². The molecule has 3 nitrogen and oxygen atoms in total. The van der Waals surface area contributed by atoms with Crippen molar-refractivity contribution in [3.05, 3.63) is 11.8 Å². The number of hydrogen-bond acceptors (Lipinski definition) is 2. The van der Waals surface area contributed by atoms with Gasteiger partial charge in [0.25, 0.3) is 0 Å². The van der Waals surface area contributed by atoms with E-state index in [-0.39, 0.29) is 0 Å². The lowest BCUT2D eigenvalue weighted by molar-refractivity contribution is 0.258. The number of anilines is 1. The minimum Gasteiger partial charge on any atom is -0.382 e. The molecule has 0 atom stereocenters. The Balaban J connectivity index is 1.91. The van der Waals surface area contributed by atoms with Gasteiger partial charge in [-0.1, -0.05) is 19.8 Å². The first-order valence-corrected chi connectivity index (χ1v) is 5.94. The highest BCUT2D eigenvalue weighted by atomic mass is 15.3. The van der Waals surface area contributed by atoms with E-state index < -0.39 is 0 Å². The molecule has 2 rings (SSSR count). The number of nitrogens with two attached hydrogens (primary N) is 1. The average molecular weight is 207 g/mol. The van der Waals surface area contributed by atoms with Crippen LogP contribution in [0.15, 0.2) is 6.20 Å². The zero-order chi connectivity index (χ0) is 10.8. The van der Waals surface area contributed by atoms with E-state index in [1.165, 1.54) is 25.7 Å². The lowest BCUT2D eigenvalue weighted by Crippen LogP contribution is -2.18. The van der Waals surface area contributed by atoms with Crippen LogP contribution >= 0.6 is 0 Å². The molecule has 0 bridgehead atoms. The summed E-state index contributed by atoms with van der Waals surface area (Å²) in [6.45, 7) is 5.42. The fourth-order valence-electron chi connectivity index (χ4n) is 2.41. The van der Waals surface area contributed by atoms with Crippen LogP contribution in [0.4, 0.5) is 5.82 Å². The molecule has 1 heterocycles. The first kappa shape index (κ1) is 10.5. The molecule has 0 radical (unpaired) electrons. The smallest absolute Gasteiger partial charge is 0.148 e. The van der Waals surface area contributed by atoms with Crippen molar-refractivity contribution in [1.29, 1.82) is 0 Å². The highest BCUT2D eigenvalue weighted by molar-refractivity contribution is 5.35. The van der Waals surface area contributed by atoms with Crippen molar-refractivity contribution in [2.45, 2.75) is 46.1 Å². The Morgan fingerprint density at radius 1 is 1.40 bits per heavy atom. The number of rotatable bonds is 2. The predicted molar refractivity (Wildman–Crippen MR) is 62.5 cm³/mol. The Morgan fingerprint density at radius 3 is 2.60 bits per heavy atom. The molecule has 3 heteroatoms. The minimum atomic E-state index is 0.680. The molecule has 15 heavy (non-hydrogen) atoms. The topological polar surface area (TPSA) is 43.8 Å². The molecule has 2 N–H and O–H groups in total. The number of hydrogen-bond donors (Lipinski definition) is 1. The van der Waals surface area contributed by atoms with Crippen molar-refractivity contribution in [3.8, 4) is 0 Å². The Labute approximate surface area is 91.7 Å². The summed E-state index contributed by atoms with van der Waals surface area (Å²) in [6.07, 6.45) is 7.51. The van der Waals surface area contributed by atoms with E-state index >= 15 is 0 Å². The first-order valence-electron chi connectivity index (χ1n) is 5.94. The van der Waals surface area contributed by atoms with Gasteiger partial charge in [0.1, 0.15) is 5.82 Å². The van der Waals surface area contributed by atoms with Gasteiger partial charge in [0, 0.05) is 18.3 Å². The zero-order valence-corrected chi connectivity index (χ0v) is 9.74. The molecule has 0 amide bonds. The van der Waals surface area contributed by atoms with Gasteiger partial charge in [0.05, 0.1) is 0 Å². The van der Waals surface area contributed by atoms with Gasteiger partial charge in [-0.05, 0) is 31.6 Å². The van der Waals surface area contributed by atoms with Crippen molar-refractivity contribution in [1.82, 2.24) is 9.78 Å². The Hall–Kier alpha value is -0.990. The molecule has 1 aromatic rings. The average Bonchev–Trinajstić information content (AvgIpc) is 2.50. The molecule has 1 saturated carbocycles. The fourth-order valence-corrected chi connectivity index (χ4v) is 2.41. The lowest BCUT2D eigenvalue weighted by Gasteiger charge is -2.25. The van der Waals surface area contributed by atoms with E-state index in [4.69, 9.17) is 5.73 Å². The van der Waals surface area contributed by atoms with Gasteiger partial charge in [0.2, 0.25) is 0 Å². The van der Waals surface area contributed by atoms with Crippen LogP contribution in [0, 0.1) is 18.8 Å². The largest absolute Gasteiger partial charge is 0.382 e. The van der Waals surface area contributed by atoms with Gasteiger partial charge in [-0.15, -0.1) is 0 Å². The van der Waals surface area contributed by atoms with Crippen molar-refractivity contribution >= 4 is 5.82 Å². The predicted octanol–water partition coefficient (Wildman–Crippen LogP) is 2.60. The molecule has 1 aliphatic carbocycles. The lowest BCUT2D eigenvalue weighted by atomic mass is 9.83. The van der Waals surface area contributed by atoms with E-state index in [9.17, 15) is 0 Å². The van der Waals surface area contributed by atoms with Crippen LogP contribution < -0.4 is 5.73 Å². The summed E-state index contributed by atoms with van der Waals surface area (Å²) in [5.41, 5.74) is 6.83. The number of aromatic nitrogens is 2. The van der Waals surface area contributed by atoms with Gasteiger partial charge in [-0.3, -0.25) is 4.68 Å². The number of nitrogen functional groups attached to an aromatic ring is 1. The van der Waals surface area contributed by atoms with Gasteiger partial charge in [-0.25, -0.2) is 0 Å². The summed E-state index contributed by atoms with van der Waals surface area (Å²) in [6, 6.07) is 0. The van der Waals surface area contributed by atoms with Gasteiger partial charge >= 0.3 is 0 Å². The molecule has 0 aliphatic heterocycles. The van der Waals surface area contributed by atoms with E-state index in [1.807, 2.05) is 11.6 Å². The molecule has 84 valence electrons. The highest BCUT2D eigenvalue weighted by Crippen LogP contribution is 2.29. The van der Waals surface area contributed by atoms with Crippen LogP contribution in [-0.4, -0.2) is 9.78 Å². The maximum atomic E-state index is 5.74. The fraction of sp³-hybridized carbons (Fsp3) is 0.750. The second-order valence-corrected chi connectivity index (χ2v) is 5.05. The SMILES string of the molecule is Cc1cn(CC2CCC(C)CC2)nc1N. The third kappa shape index (κ3) is 2.52. The van der Waals surface area contributed by atoms with Gasteiger partial charge < -0.3 is 5.73 Å². The Morgan fingerprint density at radius 2 is 2.07 bits per heavy atom. The van der Waals surface area contributed by atoms with Crippen LogP contribution in [0.25, 0.3) is 0 Å². The van der Waals surface area contributed by atoms with E-state index in [1.54, 1.807) is 0 Å². The van der Waals surface area contributed by atoms with E-state index in [0.29, 0.717) is 5.82 Å². The maximum Gasteiger partial charge on any atom is 0.148 e. The Bertz CT molecular complexity index is 302. The van der Waals surface area contributed by atoms with Crippen molar-refractivity contribution in [3.63, 3.8) is 0 Å². The summed E-state index contributed by atoms with van der Waals surface area (Å²) in [5, 5.41) is 4.32. The van der Waals surface area contributed by atoms with Crippen molar-refractivity contribution in [2.75, 3.05) is 5.73 Å². The zero-order valence-electron chi connectivity index (χ0n) is 9.74. The normalized spacial score (nSPS) is 26.8. The van der Waals surface area contributed by atoms with Gasteiger partial charge in [0.15, 0.2) is 0 Å². The van der Waals surface area contributed by atoms with Crippen molar-refractivity contribution < 1.29 is 0 Å².